The van der Waals surface area contributed by atoms with E-state index in [1.54, 1.807) is 18.2 Å². The van der Waals surface area contributed by atoms with Gasteiger partial charge < -0.3 is 10.2 Å². The zero-order chi connectivity index (χ0) is 21.6. The van der Waals surface area contributed by atoms with Crippen LogP contribution in [0.15, 0.2) is 54.6 Å². The topological polar surface area (TPSA) is 94.8 Å². The minimum absolute atomic E-state index is 0.000897. The summed E-state index contributed by atoms with van der Waals surface area (Å²) in [6, 6.07) is 12.3. The maximum absolute atomic E-state index is 12.9. The summed E-state index contributed by atoms with van der Waals surface area (Å²) in [4.78, 5) is 0. The molecule has 0 aliphatic rings. The van der Waals surface area contributed by atoms with Crippen molar-refractivity contribution in [3.63, 3.8) is 0 Å². The molecule has 0 aromatic heterocycles. The first-order valence-corrected chi connectivity index (χ1v) is 10.8. The Kier molecular flexibility index (Phi) is 5.98. The minimum atomic E-state index is -4.99. The predicted molar refractivity (Wildman–Crippen MR) is 114 cm³/mol. The first-order valence-electron chi connectivity index (χ1n) is 7.89. The van der Waals surface area contributed by atoms with Crippen molar-refractivity contribution < 1.29 is 23.2 Å². The highest BCUT2D eigenvalue weighted by Crippen LogP contribution is 2.49. The maximum Gasteiger partial charge on any atom is 0.283 e. The summed E-state index contributed by atoms with van der Waals surface area (Å²) in [6.45, 7) is 0. The summed E-state index contributed by atoms with van der Waals surface area (Å²) in [5.74, 6) is -1.32. The molecule has 0 spiro atoms. The Hall–Kier alpha value is -1.67. The van der Waals surface area contributed by atoms with Crippen LogP contribution >= 0.6 is 46.4 Å². The van der Waals surface area contributed by atoms with E-state index in [1.165, 1.54) is 24.3 Å². The SMILES string of the molecule is O=S(=O)(O)C(c1ccccc1)(c1cc(O)c(O)c(Cl)c1)c1cc(Cl)c(Cl)c(Cl)c1. The third-order valence-corrected chi connectivity index (χ3v) is 7.37. The molecule has 0 radical (unpaired) electrons. The van der Waals surface area contributed by atoms with Gasteiger partial charge in [0.25, 0.3) is 10.1 Å². The van der Waals surface area contributed by atoms with E-state index in [0.29, 0.717) is 0 Å². The van der Waals surface area contributed by atoms with Gasteiger partial charge in [0.2, 0.25) is 0 Å². The van der Waals surface area contributed by atoms with Crippen LogP contribution in [0.4, 0.5) is 0 Å². The lowest BCUT2D eigenvalue weighted by atomic mass is 9.83. The fraction of sp³-hybridized carbons (Fsp3) is 0.0526. The Morgan fingerprint density at radius 3 is 1.69 bits per heavy atom. The standard InChI is InChI=1S/C19H12Cl4O5S/c20-13-6-11(7-14(21)17(13)23)19(29(26,27)28,10-4-2-1-3-5-10)12-8-15(22)18(25)16(24)9-12/h1-9,24-25H,(H,26,27,28). The summed E-state index contributed by atoms with van der Waals surface area (Å²) in [5.41, 5.74) is -0.0918. The Labute approximate surface area is 186 Å². The zero-order valence-corrected chi connectivity index (χ0v) is 18.1. The molecular weight excluding hydrogens is 482 g/mol. The Morgan fingerprint density at radius 2 is 1.21 bits per heavy atom. The molecule has 10 heteroatoms. The second kappa shape index (κ2) is 7.87. The molecule has 0 saturated heterocycles. The monoisotopic (exact) mass is 492 g/mol. The van der Waals surface area contributed by atoms with Gasteiger partial charge in [-0.25, -0.2) is 0 Å². The van der Waals surface area contributed by atoms with Crippen LogP contribution in [0.5, 0.6) is 11.5 Å². The number of hydrogen-bond acceptors (Lipinski definition) is 4. The number of rotatable bonds is 4. The molecule has 3 rings (SSSR count). The fourth-order valence-electron chi connectivity index (χ4n) is 3.17. The normalized spacial score (nSPS) is 13.8. The Morgan fingerprint density at radius 1 is 0.724 bits per heavy atom. The van der Waals surface area contributed by atoms with E-state index in [2.05, 4.69) is 0 Å². The number of hydrogen-bond donors (Lipinski definition) is 3. The van der Waals surface area contributed by atoms with Crippen LogP contribution in [0, 0.1) is 0 Å². The molecule has 0 aliphatic heterocycles. The van der Waals surface area contributed by atoms with Crippen molar-refractivity contribution in [3.8, 4) is 11.5 Å². The van der Waals surface area contributed by atoms with Crippen LogP contribution in [0.2, 0.25) is 20.1 Å². The number of aromatic hydroxyl groups is 2. The smallest absolute Gasteiger partial charge is 0.283 e. The molecular formula is C19H12Cl4O5S. The number of phenols is 2. The maximum atomic E-state index is 12.9. The minimum Gasteiger partial charge on any atom is -0.504 e. The molecule has 0 saturated carbocycles. The average Bonchev–Trinajstić information content (AvgIpc) is 2.64. The Balaban J connectivity index is 2.57. The van der Waals surface area contributed by atoms with E-state index >= 15 is 0 Å². The molecule has 1 atom stereocenters. The number of phenolic OH excluding ortho intramolecular Hbond substituents is 2. The molecule has 3 N–H and O–H groups in total. The lowest BCUT2D eigenvalue weighted by Crippen LogP contribution is -2.38. The van der Waals surface area contributed by atoms with Gasteiger partial charge >= 0.3 is 0 Å². The zero-order valence-electron chi connectivity index (χ0n) is 14.3. The highest BCUT2D eigenvalue weighted by Gasteiger charge is 2.49. The van der Waals surface area contributed by atoms with E-state index in [9.17, 15) is 23.2 Å². The molecule has 29 heavy (non-hydrogen) atoms. The second-order valence-electron chi connectivity index (χ2n) is 6.10. The molecule has 0 fully saturated rings. The van der Waals surface area contributed by atoms with Gasteiger partial charge in [0.05, 0.1) is 20.1 Å². The predicted octanol–water partition coefficient (Wildman–Crippen LogP) is 5.89. The van der Waals surface area contributed by atoms with Crippen molar-refractivity contribution >= 4 is 56.5 Å². The molecule has 5 nitrogen and oxygen atoms in total. The molecule has 152 valence electrons. The number of benzene rings is 3. The van der Waals surface area contributed by atoms with Crippen LogP contribution in [0.25, 0.3) is 0 Å². The van der Waals surface area contributed by atoms with Gasteiger partial charge in [-0.2, -0.15) is 8.42 Å². The van der Waals surface area contributed by atoms with E-state index in [4.69, 9.17) is 46.4 Å². The highest BCUT2D eigenvalue weighted by molar-refractivity contribution is 7.87. The van der Waals surface area contributed by atoms with E-state index < -0.39 is 26.4 Å². The van der Waals surface area contributed by atoms with Crippen LogP contribution in [0.3, 0.4) is 0 Å². The van der Waals surface area contributed by atoms with Gasteiger partial charge in [-0.05, 0) is 41.0 Å². The van der Waals surface area contributed by atoms with Crippen LogP contribution in [-0.2, 0) is 14.9 Å². The van der Waals surface area contributed by atoms with Crippen LogP contribution in [-0.4, -0.2) is 23.2 Å². The van der Waals surface area contributed by atoms with Gasteiger partial charge in [-0.3, -0.25) is 4.55 Å². The molecule has 3 aromatic carbocycles. The van der Waals surface area contributed by atoms with Gasteiger partial charge in [0.15, 0.2) is 16.2 Å². The summed E-state index contributed by atoms with van der Waals surface area (Å²) in [6.07, 6.45) is 0. The van der Waals surface area contributed by atoms with Crippen molar-refractivity contribution in [2.75, 3.05) is 0 Å². The first-order chi connectivity index (χ1) is 13.5. The van der Waals surface area contributed by atoms with E-state index in [1.807, 2.05) is 0 Å². The van der Waals surface area contributed by atoms with Crippen molar-refractivity contribution in [1.82, 2.24) is 0 Å². The van der Waals surface area contributed by atoms with Gasteiger partial charge in [-0.1, -0.05) is 76.7 Å². The quantitative estimate of drug-likeness (QED) is 0.182. The lowest BCUT2D eigenvalue weighted by Gasteiger charge is -2.33. The molecule has 0 amide bonds. The fourth-order valence-corrected chi connectivity index (χ4v) is 5.24. The largest absolute Gasteiger partial charge is 0.504 e. The van der Waals surface area contributed by atoms with Gasteiger partial charge in [0.1, 0.15) is 0 Å². The van der Waals surface area contributed by atoms with Crippen molar-refractivity contribution in [2.24, 2.45) is 0 Å². The molecule has 3 aromatic rings. The van der Waals surface area contributed by atoms with E-state index in [-0.39, 0.29) is 36.8 Å². The summed E-state index contributed by atoms with van der Waals surface area (Å²) in [7, 11) is -4.99. The van der Waals surface area contributed by atoms with Crippen LogP contribution in [0.1, 0.15) is 16.7 Å². The van der Waals surface area contributed by atoms with Gasteiger partial charge in [-0.15, -0.1) is 0 Å². The molecule has 0 aliphatic carbocycles. The third kappa shape index (κ3) is 3.65. The Bertz CT molecular complexity index is 1090. The molecule has 0 heterocycles. The highest BCUT2D eigenvalue weighted by atomic mass is 35.5. The third-order valence-electron chi connectivity index (χ3n) is 4.41. The van der Waals surface area contributed by atoms with Crippen molar-refractivity contribution in [3.05, 3.63) is 91.4 Å². The first kappa shape index (κ1) is 22.0. The van der Waals surface area contributed by atoms with Crippen molar-refractivity contribution in [1.29, 1.82) is 0 Å². The lowest BCUT2D eigenvalue weighted by molar-refractivity contribution is 0.402. The molecule has 0 bridgehead atoms. The summed E-state index contributed by atoms with van der Waals surface area (Å²) >= 11 is 24.2. The van der Waals surface area contributed by atoms with E-state index in [0.717, 1.165) is 12.1 Å². The van der Waals surface area contributed by atoms with Gasteiger partial charge in [0, 0.05) is 0 Å². The second-order valence-corrected chi connectivity index (χ2v) is 9.26. The molecule has 1 unspecified atom stereocenters. The number of halogens is 4. The van der Waals surface area contributed by atoms with Crippen molar-refractivity contribution in [2.45, 2.75) is 4.75 Å². The van der Waals surface area contributed by atoms with Crippen LogP contribution < -0.4 is 0 Å². The summed E-state index contributed by atoms with van der Waals surface area (Å²) < 4.78 is 34.0. The summed E-state index contributed by atoms with van der Waals surface area (Å²) in [5, 5.41) is 19.5. The average molecular weight is 494 g/mol.